The highest BCUT2D eigenvalue weighted by molar-refractivity contribution is 9.10. The maximum Gasteiger partial charge on any atom is 0.236 e. The van der Waals surface area contributed by atoms with E-state index in [1.54, 1.807) is 6.07 Å². The van der Waals surface area contributed by atoms with Gasteiger partial charge in [0.1, 0.15) is 5.75 Å². The van der Waals surface area contributed by atoms with Gasteiger partial charge in [-0.3, -0.25) is 9.69 Å². The van der Waals surface area contributed by atoms with Gasteiger partial charge in [0.25, 0.3) is 0 Å². The highest BCUT2D eigenvalue weighted by Crippen LogP contribution is 2.28. The normalized spacial score (nSPS) is 15.2. The molecule has 1 aromatic carbocycles. The van der Waals surface area contributed by atoms with Crippen molar-refractivity contribution in [3.05, 3.63) is 28.2 Å². The maximum atomic E-state index is 12.0. The third-order valence-electron chi connectivity index (χ3n) is 3.37. The molecule has 5 heteroatoms. The van der Waals surface area contributed by atoms with Gasteiger partial charge in [0.05, 0.1) is 11.0 Å². The van der Waals surface area contributed by atoms with Crippen LogP contribution in [0.25, 0.3) is 0 Å². The van der Waals surface area contributed by atoms with Crippen molar-refractivity contribution in [3.63, 3.8) is 0 Å². The average molecular weight is 327 g/mol. The Morgan fingerprint density at radius 3 is 2.79 bits per heavy atom. The first-order valence-electron chi connectivity index (χ1n) is 6.50. The van der Waals surface area contributed by atoms with Crippen molar-refractivity contribution in [3.8, 4) is 5.75 Å². The van der Waals surface area contributed by atoms with Crippen LogP contribution in [0.15, 0.2) is 22.7 Å². The number of amides is 1. The number of aromatic hydroxyl groups is 1. The third-order valence-corrected chi connectivity index (χ3v) is 4.01. The number of para-hydroxylation sites is 1. The molecule has 1 aliphatic rings. The summed E-state index contributed by atoms with van der Waals surface area (Å²) in [6.45, 7) is 2.72. The van der Waals surface area contributed by atoms with Gasteiger partial charge in [-0.15, -0.1) is 0 Å². The van der Waals surface area contributed by atoms with Crippen molar-refractivity contribution >= 4 is 21.8 Å². The van der Waals surface area contributed by atoms with E-state index in [1.807, 2.05) is 29.0 Å². The fraction of sp³-hybridized carbons (Fsp3) is 0.500. The molecule has 1 fully saturated rings. The van der Waals surface area contributed by atoms with Gasteiger partial charge in [-0.2, -0.15) is 0 Å². The quantitative estimate of drug-likeness (QED) is 0.922. The van der Waals surface area contributed by atoms with Crippen LogP contribution in [0.3, 0.4) is 0 Å². The minimum Gasteiger partial charge on any atom is -0.506 e. The summed E-state index contributed by atoms with van der Waals surface area (Å²) in [5.74, 6) is 0.428. The highest BCUT2D eigenvalue weighted by Gasteiger charge is 2.19. The Kier molecular flexibility index (Phi) is 4.82. The van der Waals surface area contributed by atoms with Crippen molar-refractivity contribution in [2.75, 3.05) is 26.7 Å². The molecule has 2 rings (SSSR count). The number of benzene rings is 1. The van der Waals surface area contributed by atoms with Crippen LogP contribution in [-0.2, 0) is 11.3 Å². The smallest absolute Gasteiger partial charge is 0.236 e. The van der Waals surface area contributed by atoms with Crippen LogP contribution in [0, 0.1) is 0 Å². The van der Waals surface area contributed by atoms with E-state index in [-0.39, 0.29) is 11.7 Å². The van der Waals surface area contributed by atoms with Gasteiger partial charge in [0.2, 0.25) is 5.91 Å². The monoisotopic (exact) mass is 326 g/mol. The second kappa shape index (κ2) is 6.39. The fourth-order valence-electron chi connectivity index (χ4n) is 2.33. The first-order valence-corrected chi connectivity index (χ1v) is 7.30. The van der Waals surface area contributed by atoms with Gasteiger partial charge < -0.3 is 10.0 Å². The summed E-state index contributed by atoms with van der Waals surface area (Å²) in [4.78, 5) is 15.9. The topological polar surface area (TPSA) is 43.8 Å². The lowest BCUT2D eigenvalue weighted by atomic mass is 10.2. The Bertz CT molecular complexity index is 459. The molecule has 1 aliphatic heterocycles. The molecule has 0 saturated carbocycles. The van der Waals surface area contributed by atoms with Crippen LogP contribution >= 0.6 is 15.9 Å². The number of halogens is 1. The van der Waals surface area contributed by atoms with Crippen LogP contribution in [0.2, 0.25) is 0 Å². The predicted octanol–water partition coefficient (Wildman–Crippen LogP) is 2.21. The number of hydrogen-bond acceptors (Lipinski definition) is 3. The fourth-order valence-corrected chi connectivity index (χ4v) is 2.74. The molecular weight excluding hydrogens is 308 g/mol. The molecule has 1 saturated heterocycles. The zero-order chi connectivity index (χ0) is 13.8. The minimum absolute atomic E-state index is 0.175. The second-order valence-electron chi connectivity index (χ2n) is 5.01. The SMILES string of the molecule is CN(CC(=O)N1CCCC1)Cc1cccc(Br)c1O. The third kappa shape index (κ3) is 3.70. The van der Waals surface area contributed by atoms with E-state index in [2.05, 4.69) is 15.9 Å². The van der Waals surface area contributed by atoms with E-state index >= 15 is 0 Å². The molecule has 104 valence electrons. The lowest BCUT2D eigenvalue weighted by Gasteiger charge is -2.21. The number of likely N-dealkylation sites (N-methyl/N-ethyl adjacent to an activating group) is 1. The van der Waals surface area contributed by atoms with E-state index in [1.165, 1.54) is 0 Å². The summed E-state index contributed by atoms with van der Waals surface area (Å²) in [6.07, 6.45) is 2.23. The molecule has 0 unspecified atom stereocenters. The van der Waals surface area contributed by atoms with Gasteiger partial charge in [-0.1, -0.05) is 12.1 Å². The molecule has 1 aromatic rings. The van der Waals surface area contributed by atoms with Gasteiger partial charge in [0.15, 0.2) is 0 Å². The number of carbonyl (C=O) groups excluding carboxylic acids is 1. The molecule has 0 aliphatic carbocycles. The molecule has 19 heavy (non-hydrogen) atoms. The molecule has 0 spiro atoms. The van der Waals surface area contributed by atoms with E-state index in [0.29, 0.717) is 17.6 Å². The molecule has 0 bridgehead atoms. The molecule has 0 aromatic heterocycles. The Labute approximate surface area is 122 Å². The number of hydrogen-bond donors (Lipinski definition) is 1. The zero-order valence-electron chi connectivity index (χ0n) is 11.1. The van der Waals surface area contributed by atoms with E-state index < -0.39 is 0 Å². The number of carbonyl (C=O) groups is 1. The van der Waals surface area contributed by atoms with Crippen LogP contribution in [0.4, 0.5) is 0 Å². The molecule has 1 heterocycles. The number of likely N-dealkylation sites (tertiary alicyclic amines) is 1. The number of phenolic OH excluding ortho intramolecular Hbond substituents is 1. The standard InChI is InChI=1S/C14H19BrN2O2/c1-16(10-13(18)17-7-2-3-8-17)9-11-5-4-6-12(15)14(11)19/h4-6,19H,2-3,7-10H2,1H3. The summed E-state index contributed by atoms with van der Waals surface area (Å²) in [5, 5.41) is 9.92. The number of rotatable bonds is 4. The maximum absolute atomic E-state index is 12.0. The Morgan fingerprint density at radius 1 is 1.42 bits per heavy atom. The Balaban J connectivity index is 1.91. The molecule has 0 radical (unpaired) electrons. The zero-order valence-corrected chi connectivity index (χ0v) is 12.7. The van der Waals surface area contributed by atoms with Gasteiger partial charge in [0, 0.05) is 25.2 Å². The van der Waals surface area contributed by atoms with E-state index in [0.717, 1.165) is 31.5 Å². The van der Waals surface area contributed by atoms with Crippen LogP contribution in [0.1, 0.15) is 18.4 Å². The summed E-state index contributed by atoms with van der Waals surface area (Å²) in [5.41, 5.74) is 0.825. The summed E-state index contributed by atoms with van der Waals surface area (Å²) >= 11 is 3.30. The minimum atomic E-state index is 0.175. The molecule has 0 atom stereocenters. The van der Waals surface area contributed by atoms with Crippen molar-refractivity contribution in [1.82, 2.24) is 9.80 Å². The van der Waals surface area contributed by atoms with Crippen LogP contribution < -0.4 is 0 Å². The Hall–Kier alpha value is -1.07. The Morgan fingerprint density at radius 2 is 2.11 bits per heavy atom. The lowest BCUT2D eigenvalue weighted by molar-refractivity contribution is -0.131. The van der Waals surface area contributed by atoms with Gasteiger partial charge in [-0.05, 0) is 41.9 Å². The molecule has 1 amide bonds. The largest absolute Gasteiger partial charge is 0.506 e. The molecule has 1 N–H and O–H groups in total. The van der Waals surface area contributed by atoms with Crippen molar-refractivity contribution in [2.45, 2.75) is 19.4 Å². The van der Waals surface area contributed by atoms with E-state index in [9.17, 15) is 9.90 Å². The number of phenols is 1. The van der Waals surface area contributed by atoms with Crippen LogP contribution in [0.5, 0.6) is 5.75 Å². The highest BCUT2D eigenvalue weighted by atomic mass is 79.9. The van der Waals surface area contributed by atoms with E-state index in [4.69, 9.17) is 0 Å². The first-order chi connectivity index (χ1) is 9.08. The molecule has 4 nitrogen and oxygen atoms in total. The van der Waals surface area contributed by atoms with Gasteiger partial charge >= 0.3 is 0 Å². The summed E-state index contributed by atoms with van der Waals surface area (Å²) in [7, 11) is 1.90. The van der Waals surface area contributed by atoms with Gasteiger partial charge in [-0.25, -0.2) is 0 Å². The summed E-state index contributed by atoms with van der Waals surface area (Å²) in [6, 6.07) is 5.56. The molecular formula is C14H19BrN2O2. The van der Waals surface area contributed by atoms with Crippen molar-refractivity contribution < 1.29 is 9.90 Å². The lowest BCUT2D eigenvalue weighted by Crippen LogP contribution is -2.36. The summed E-state index contributed by atoms with van der Waals surface area (Å²) < 4.78 is 0.685. The average Bonchev–Trinajstić information content (AvgIpc) is 2.88. The predicted molar refractivity (Wildman–Crippen MR) is 78.0 cm³/mol. The first kappa shape index (κ1) is 14.3. The number of nitrogens with zero attached hydrogens (tertiary/aromatic N) is 2. The second-order valence-corrected chi connectivity index (χ2v) is 5.86. The van der Waals surface area contributed by atoms with Crippen LogP contribution in [-0.4, -0.2) is 47.5 Å². The van der Waals surface area contributed by atoms with Crippen molar-refractivity contribution in [2.24, 2.45) is 0 Å². The van der Waals surface area contributed by atoms with Crippen molar-refractivity contribution in [1.29, 1.82) is 0 Å².